The number of carbonyl (C=O) groups is 1. The topological polar surface area (TPSA) is 101 Å². The Morgan fingerprint density at radius 2 is 2.19 bits per heavy atom. The SMILES string of the molecule is CCOc1ncccc1C(=O)NCc1cnc2c(c1)CN(S(C)(=O)=O)CC2. The van der Waals surface area contributed by atoms with Crippen molar-refractivity contribution >= 4 is 15.9 Å². The van der Waals surface area contributed by atoms with Gasteiger partial charge in [0, 0.05) is 44.1 Å². The Kier molecular flexibility index (Phi) is 5.71. The molecule has 0 saturated carbocycles. The highest BCUT2D eigenvalue weighted by atomic mass is 32.2. The van der Waals surface area contributed by atoms with Gasteiger partial charge in [-0.05, 0) is 36.2 Å². The van der Waals surface area contributed by atoms with Crippen molar-refractivity contribution in [1.29, 1.82) is 0 Å². The molecule has 144 valence electrons. The van der Waals surface area contributed by atoms with Crippen LogP contribution in [0.4, 0.5) is 0 Å². The number of hydrogen-bond acceptors (Lipinski definition) is 6. The molecule has 0 aromatic carbocycles. The van der Waals surface area contributed by atoms with E-state index in [9.17, 15) is 13.2 Å². The van der Waals surface area contributed by atoms with Crippen LogP contribution in [0.2, 0.25) is 0 Å². The Bertz CT molecular complexity index is 946. The number of sulfonamides is 1. The zero-order valence-electron chi connectivity index (χ0n) is 15.3. The number of nitrogens with one attached hydrogen (secondary N) is 1. The minimum atomic E-state index is -3.24. The predicted octanol–water partition coefficient (Wildman–Crippen LogP) is 1.12. The van der Waals surface area contributed by atoms with E-state index in [1.54, 1.807) is 24.5 Å². The summed E-state index contributed by atoms with van der Waals surface area (Å²) in [6.07, 6.45) is 5.08. The molecular formula is C18H22N4O4S. The highest BCUT2D eigenvalue weighted by Crippen LogP contribution is 2.20. The van der Waals surface area contributed by atoms with Crippen LogP contribution in [0.15, 0.2) is 30.6 Å². The van der Waals surface area contributed by atoms with Crippen LogP contribution in [0.25, 0.3) is 0 Å². The van der Waals surface area contributed by atoms with Crippen LogP contribution in [-0.2, 0) is 29.5 Å². The van der Waals surface area contributed by atoms with E-state index in [0.717, 1.165) is 16.8 Å². The molecule has 0 radical (unpaired) electrons. The molecular weight excluding hydrogens is 368 g/mol. The normalized spacial score (nSPS) is 14.4. The van der Waals surface area contributed by atoms with Gasteiger partial charge in [-0.2, -0.15) is 4.31 Å². The maximum Gasteiger partial charge on any atom is 0.257 e. The molecule has 8 nitrogen and oxygen atoms in total. The van der Waals surface area contributed by atoms with Gasteiger partial charge in [0.15, 0.2) is 0 Å². The van der Waals surface area contributed by atoms with Crippen molar-refractivity contribution < 1.29 is 17.9 Å². The number of pyridine rings is 2. The quantitative estimate of drug-likeness (QED) is 0.793. The second-order valence-corrected chi connectivity index (χ2v) is 8.25. The van der Waals surface area contributed by atoms with Crippen molar-refractivity contribution in [3.05, 3.63) is 53.0 Å². The summed E-state index contributed by atoms with van der Waals surface area (Å²) < 4.78 is 30.4. The summed E-state index contributed by atoms with van der Waals surface area (Å²) in [7, 11) is -3.24. The third-order valence-electron chi connectivity index (χ3n) is 4.28. The van der Waals surface area contributed by atoms with Gasteiger partial charge >= 0.3 is 0 Å². The van der Waals surface area contributed by atoms with E-state index in [2.05, 4.69) is 15.3 Å². The molecule has 27 heavy (non-hydrogen) atoms. The molecule has 2 aromatic heterocycles. The average molecular weight is 390 g/mol. The average Bonchev–Trinajstić information content (AvgIpc) is 2.65. The van der Waals surface area contributed by atoms with E-state index in [-0.39, 0.29) is 12.5 Å². The summed E-state index contributed by atoms with van der Waals surface area (Å²) in [5.74, 6) is 0.00638. The van der Waals surface area contributed by atoms with E-state index in [1.807, 2.05) is 13.0 Å². The van der Waals surface area contributed by atoms with Crippen LogP contribution in [0, 0.1) is 0 Å². The lowest BCUT2D eigenvalue weighted by molar-refractivity contribution is 0.0946. The first-order valence-electron chi connectivity index (χ1n) is 8.66. The lowest BCUT2D eigenvalue weighted by atomic mass is 10.1. The molecule has 0 bridgehead atoms. The van der Waals surface area contributed by atoms with Crippen LogP contribution in [0.5, 0.6) is 5.88 Å². The Morgan fingerprint density at radius 1 is 1.37 bits per heavy atom. The van der Waals surface area contributed by atoms with Gasteiger partial charge in [0.1, 0.15) is 5.56 Å². The van der Waals surface area contributed by atoms with Crippen molar-refractivity contribution in [2.24, 2.45) is 0 Å². The smallest absolute Gasteiger partial charge is 0.257 e. The lowest BCUT2D eigenvalue weighted by Gasteiger charge is -2.26. The van der Waals surface area contributed by atoms with E-state index in [0.29, 0.717) is 37.6 Å². The summed E-state index contributed by atoms with van der Waals surface area (Å²) in [4.78, 5) is 20.9. The van der Waals surface area contributed by atoms with Crippen LogP contribution < -0.4 is 10.1 Å². The Balaban J connectivity index is 1.70. The Hall–Kier alpha value is -2.52. The summed E-state index contributed by atoms with van der Waals surface area (Å²) in [5, 5.41) is 2.83. The van der Waals surface area contributed by atoms with Gasteiger partial charge in [-0.3, -0.25) is 9.78 Å². The molecule has 1 amide bonds. The van der Waals surface area contributed by atoms with Crippen LogP contribution >= 0.6 is 0 Å². The predicted molar refractivity (Wildman–Crippen MR) is 99.8 cm³/mol. The minimum absolute atomic E-state index is 0.276. The van der Waals surface area contributed by atoms with Gasteiger partial charge in [0.2, 0.25) is 15.9 Å². The van der Waals surface area contributed by atoms with Crippen molar-refractivity contribution in [2.45, 2.75) is 26.4 Å². The summed E-state index contributed by atoms with van der Waals surface area (Å²) in [6.45, 7) is 3.27. The monoisotopic (exact) mass is 390 g/mol. The largest absolute Gasteiger partial charge is 0.477 e. The molecule has 0 fully saturated rings. The molecule has 1 aliphatic heterocycles. The number of fused-ring (bicyclic) bond motifs is 1. The third kappa shape index (κ3) is 4.61. The molecule has 3 heterocycles. The minimum Gasteiger partial charge on any atom is -0.477 e. The summed E-state index contributed by atoms with van der Waals surface area (Å²) >= 11 is 0. The number of rotatable bonds is 6. The van der Waals surface area contributed by atoms with Gasteiger partial charge in [0.05, 0.1) is 12.9 Å². The van der Waals surface area contributed by atoms with E-state index in [4.69, 9.17) is 4.74 Å². The zero-order chi connectivity index (χ0) is 19.4. The number of hydrogen-bond donors (Lipinski definition) is 1. The molecule has 3 rings (SSSR count). The molecule has 0 aliphatic carbocycles. The molecule has 1 aliphatic rings. The number of carbonyl (C=O) groups excluding carboxylic acids is 1. The fourth-order valence-corrected chi connectivity index (χ4v) is 3.72. The van der Waals surface area contributed by atoms with Crippen molar-refractivity contribution in [1.82, 2.24) is 19.6 Å². The van der Waals surface area contributed by atoms with Crippen LogP contribution in [0.1, 0.15) is 34.1 Å². The van der Waals surface area contributed by atoms with E-state index < -0.39 is 10.0 Å². The fourth-order valence-electron chi connectivity index (χ4n) is 2.92. The molecule has 2 aromatic rings. The molecule has 0 saturated heterocycles. The number of amides is 1. The zero-order valence-corrected chi connectivity index (χ0v) is 16.1. The molecule has 9 heteroatoms. The molecule has 0 spiro atoms. The summed E-state index contributed by atoms with van der Waals surface area (Å²) in [6, 6.07) is 5.23. The number of nitrogens with zero attached hydrogens (tertiary/aromatic N) is 3. The first-order valence-corrected chi connectivity index (χ1v) is 10.5. The Morgan fingerprint density at radius 3 is 2.93 bits per heavy atom. The number of ether oxygens (including phenoxy) is 1. The van der Waals surface area contributed by atoms with Crippen LogP contribution in [0.3, 0.4) is 0 Å². The molecule has 0 unspecified atom stereocenters. The Labute approximate surface area is 158 Å². The second-order valence-electron chi connectivity index (χ2n) is 6.27. The van der Waals surface area contributed by atoms with Gasteiger partial charge < -0.3 is 10.1 Å². The molecule has 0 atom stereocenters. The number of aromatic nitrogens is 2. The third-order valence-corrected chi connectivity index (χ3v) is 5.53. The summed E-state index contributed by atoms with van der Waals surface area (Å²) in [5.41, 5.74) is 2.94. The van der Waals surface area contributed by atoms with Crippen molar-refractivity contribution in [2.75, 3.05) is 19.4 Å². The maximum absolute atomic E-state index is 12.4. The van der Waals surface area contributed by atoms with Gasteiger partial charge in [-0.15, -0.1) is 0 Å². The highest BCUT2D eigenvalue weighted by Gasteiger charge is 2.24. The highest BCUT2D eigenvalue weighted by molar-refractivity contribution is 7.88. The van der Waals surface area contributed by atoms with Gasteiger partial charge in [0.25, 0.3) is 5.91 Å². The second kappa shape index (κ2) is 8.01. The van der Waals surface area contributed by atoms with E-state index >= 15 is 0 Å². The first kappa shape index (κ1) is 19.2. The first-order chi connectivity index (χ1) is 12.9. The van der Waals surface area contributed by atoms with Crippen molar-refractivity contribution in [3.63, 3.8) is 0 Å². The maximum atomic E-state index is 12.4. The fraction of sp³-hybridized carbons (Fsp3) is 0.389. The standard InChI is InChI=1S/C18H22N4O4S/c1-3-26-18-15(5-4-7-19-18)17(23)21-11-13-9-14-12-22(27(2,24)25)8-6-16(14)20-10-13/h4-5,7,9-10H,3,6,8,11-12H2,1-2H3,(H,21,23). The van der Waals surface area contributed by atoms with Crippen LogP contribution in [-0.4, -0.2) is 48.0 Å². The van der Waals surface area contributed by atoms with Crippen molar-refractivity contribution in [3.8, 4) is 5.88 Å². The van der Waals surface area contributed by atoms with Gasteiger partial charge in [-0.1, -0.05) is 0 Å². The van der Waals surface area contributed by atoms with Gasteiger partial charge in [-0.25, -0.2) is 13.4 Å². The molecule has 1 N–H and O–H groups in total. The lowest BCUT2D eigenvalue weighted by Crippen LogP contribution is -2.35. The van der Waals surface area contributed by atoms with E-state index in [1.165, 1.54) is 10.6 Å².